The van der Waals surface area contributed by atoms with Crippen LogP contribution >= 0.6 is 0 Å². The summed E-state index contributed by atoms with van der Waals surface area (Å²) >= 11 is 0. The van der Waals surface area contributed by atoms with Gasteiger partial charge in [-0.2, -0.15) is 4.98 Å². The molecule has 0 radical (unpaired) electrons. The SMILES string of the molecule is COc1cc(C)nc(NC(=O)NS(=O)(=O)c2ccccc2N=[N+]=[N-])n1. The number of nitrogens with zero attached hydrogens (tertiary/aromatic N) is 5. The highest BCUT2D eigenvalue weighted by molar-refractivity contribution is 7.90. The number of carbonyl (C=O) groups excluding carboxylic acids is 1. The average Bonchev–Trinajstić information content (AvgIpc) is 2.54. The van der Waals surface area contributed by atoms with Crippen molar-refractivity contribution in [2.24, 2.45) is 5.11 Å². The number of aromatic nitrogens is 2. The van der Waals surface area contributed by atoms with Gasteiger partial charge in [0, 0.05) is 16.7 Å². The van der Waals surface area contributed by atoms with Gasteiger partial charge in [0.25, 0.3) is 10.0 Å². The second kappa shape index (κ2) is 7.47. The largest absolute Gasteiger partial charge is 0.481 e. The highest BCUT2D eigenvalue weighted by Gasteiger charge is 2.21. The monoisotopic (exact) mass is 363 g/mol. The molecule has 0 aliphatic heterocycles. The zero-order chi connectivity index (χ0) is 18.4. The van der Waals surface area contributed by atoms with E-state index in [9.17, 15) is 13.2 Å². The maximum atomic E-state index is 12.3. The Bertz CT molecular complexity index is 955. The Hall–Kier alpha value is -3.37. The van der Waals surface area contributed by atoms with Crippen molar-refractivity contribution in [3.05, 3.63) is 46.5 Å². The minimum atomic E-state index is -4.27. The third-order valence-corrected chi connectivity index (χ3v) is 4.18. The zero-order valence-electron chi connectivity index (χ0n) is 13.2. The fourth-order valence-corrected chi connectivity index (χ4v) is 2.87. The summed E-state index contributed by atoms with van der Waals surface area (Å²) in [6.45, 7) is 1.65. The van der Waals surface area contributed by atoms with Gasteiger partial charge in [-0.05, 0) is 18.5 Å². The van der Waals surface area contributed by atoms with E-state index in [0.29, 0.717) is 5.69 Å². The van der Waals surface area contributed by atoms with Gasteiger partial charge in [-0.3, -0.25) is 5.32 Å². The highest BCUT2D eigenvalue weighted by atomic mass is 32.2. The Morgan fingerprint density at radius 2 is 2.04 bits per heavy atom. The molecule has 1 aromatic carbocycles. The summed E-state index contributed by atoms with van der Waals surface area (Å²) in [5.74, 6) is 0.0761. The molecule has 1 heterocycles. The predicted octanol–water partition coefficient (Wildman–Crippen LogP) is 2.25. The van der Waals surface area contributed by atoms with Crippen molar-refractivity contribution in [1.82, 2.24) is 14.7 Å². The standard InChI is InChI=1S/C13H13N7O4S/c1-8-7-11(24-2)16-12(15-8)17-13(21)19-25(22,23)10-6-4-3-5-9(10)18-20-14/h3-7H,1-2H3,(H2,15,16,17,19,21). The van der Waals surface area contributed by atoms with Crippen LogP contribution in [-0.4, -0.2) is 31.5 Å². The summed E-state index contributed by atoms with van der Waals surface area (Å²) in [4.78, 5) is 22.0. The van der Waals surface area contributed by atoms with Crippen molar-refractivity contribution >= 4 is 27.7 Å². The van der Waals surface area contributed by atoms with Crippen LogP contribution < -0.4 is 14.8 Å². The number of hydrogen-bond donors (Lipinski definition) is 2. The number of urea groups is 1. The van der Waals surface area contributed by atoms with E-state index in [4.69, 9.17) is 10.3 Å². The van der Waals surface area contributed by atoms with Crippen molar-refractivity contribution in [3.8, 4) is 5.88 Å². The number of anilines is 1. The Labute approximate surface area is 142 Å². The number of nitrogens with one attached hydrogen (secondary N) is 2. The molecule has 25 heavy (non-hydrogen) atoms. The van der Waals surface area contributed by atoms with E-state index in [2.05, 4.69) is 25.3 Å². The molecule has 0 aliphatic carbocycles. The lowest BCUT2D eigenvalue weighted by molar-refractivity contribution is 0.256. The summed E-state index contributed by atoms with van der Waals surface area (Å²) in [5.41, 5.74) is 8.87. The van der Waals surface area contributed by atoms with Crippen molar-refractivity contribution in [2.45, 2.75) is 11.8 Å². The summed E-state index contributed by atoms with van der Waals surface area (Å²) in [6.07, 6.45) is 0. The minimum Gasteiger partial charge on any atom is -0.481 e. The number of azide groups is 1. The van der Waals surface area contributed by atoms with E-state index < -0.39 is 16.1 Å². The Balaban J connectivity index is 2.22. The molecule has 0 saturated carbocycles. The first kappa shape index (κ1) is 18.0. The number of hydrogen-bond acceptors (Lipinski definition) is 7. The van der Waals surface area contributed by atoms with Crippen molar-refractivity contribution in [1.29, 1.82) is 0 Å². The van der Waals surface area contributed by atoms with Crippen LogP contribution in [0.2, 0.25) is 0 Å². The van der Waals surface area contributed by atoms with Crippen LogP contribution in [0.3, 0.4) is 0 Å². The summed E-state index contributed by atoms with van der Waals surface area (Å²) in [6, 6.07) is 5.89. The summed E-state index contributed by atoms with van der Waals surface area (Å²) < 4.78 is 31.3. The molecule has 0 spiro atoms. The molecule has 2 N–H and O–H groups in total. The van der Waals surface area contributed by atoms with Crippen molar-refractivity contribution in [2.75, 3.05) is 12.4 Å². The molecule has 130 valence electrons. The van der Waals surface area contributed by atoms with Crippen molar-refractivity contribution in [3.63, 3.8) is 0 Å². The minimum absolute atomic E-state index is 0.132. The maximum absolute atomic E-state index is 12.3. The molecule has 2 rings (SSSR count). The first-order valence-corrected chi connectivity index (χ1v) is 8.21. The summed E-state index contributed by atoms with van der Waals surface area (Å²) in [5, 5.41) is 5.49. The average molecular weight is 363 g/mol. The smallest absolute Gasteiger partial charge is 0.335 e. The van der Waals surface area contributed by atoms with Crippen LogP contribution in [0.1, 0.15) is 5.69 Å². The van der Waals surface area contributed by atoms with Crippen LogP contribution in [0.5, 0.6) is 5.88 Å². The van der Waals surface area contributed by atoms with E-state index in [1.807, 2.05) is 0 Å². The first-order chi connectivity index (χ1) is 11.9. The molecule has 2 amide bonds. The highest BCUT2D eigenvalue weighted by Crippen LogP contribution is 2.23. The number of rotatable bonds is 5. The number of ether oxygens (including phenoxy) is 1. The van der Waals surface area contributed by atoms with Gasteiger partial charge in [-0.15, -0.1) is 0 Å². The lowest BCUT2D eigenvalue weighted by Crippen LogP contribution is -2.35. The molecule has 0 saturated heterocycles. The molecule has 2 aromatic rings. The van der Waals surface area contributed by atoms with E-state index in [0.717, 1.165) is 0 Å². The third-order valence-electron chi connectivity index (χ3n) is 2.80. The van der Waals surface area contributed by atoms with Crippen LogP contribution in [-0.2, 0) is 10.0 Å². The topological polar surface area (TPSA) is 159 Å². The number of benzene rings is 1. The van der Waals surface area contributed by atoms with Crippen LogP contribution in [0.25, 0.3) is 10.4 Å². The fourth-order valence-electron chi connectivity index (χ4n) is 1.82. The Morgan fingerprint density at radius 1 is 1.32 bits per heavy atom. The van der Waals surface area contributed by atoms with Gasteiger partial charge >= 0.3 is 6.03 Å². The van der Waals surface area contributed by atoms with Gasteiger partial charge in [0.15, 0.2) is 0 Å². The molecule has 0 bridgehead atoms. The van der Waals surface area contributed by atoms with Gasteiger partial charge in [-0.1, -0.05) is 23.3 Å². The Morgan fingerprint density at radius 3 is 2.72 bits per heavy atom. The number of aryl methyl sites for hydroxylation is 1. The van der Waals surface area contributed by atoms with Crippen LogP contribution in [0, 0.1) is 6.92 Å². The molecule has 0 unspecified atom stereocenters. The van der Waals surface area contributed by atoms with Gasteiger partial charge < -0.3 is 4.74 Å². The molecule has 0 aliphatic rings. The van der Waals surface area contributed by atoms with Crippen LogP contribution in [0.4, 0.5) is 16.4 Å². The van der Waals surface area contributed by atoms with E-state index in [1.54, 1.807) is 11.6 Å². The second-order valence-corrected chi connectivity index (χ2v) is 6.24. The molecule has 0 fully saturated rings. The van der Waals surface area contributed by atoms with E-state index >= 15 is 0 Å². The second-order valence-electron chi connectivity index (χ2n) is 4.59. The molecule has 12 heteroatoms. The zero-order valence-corrected chi connectivity index (χ0v) is 14.0. The molecule has 11 nitrogen and oxygen atoms in total. The third kappa shape index (κ3) is 4.56. The quantitative estimate of drug-likeness (QED) is 0.470. The number of amides is 2. The first-order valence-electron chi connectivity index (χ1n) is 6.73. The molecule has 1 aromatic heterocycles. The lowest BCUT2D eigenvalue weighted by atomic mass is 10.3. The predicted molar refractivity (Wildman–Crippen MR) is 87.9 cm³/mol. The van der Waals surface area contributed by atoms with E-state index in [-0.39, 0.29) is 22.4 Å². The maximum Gasteiger partial charge on any atom is 0.335 e. The number of methoxy groups -OCH3 is 1. The van der Waals surface area contributed by atoms with E-state index in [1.165, 1.54) is 37.4 Å². The lowest BCUT2D eigenvalue weighted by Gasteiger charge is -2.10. The number of carbonyl (C=O) groups is 1. The molecule has 0 atom stereocenters. The van der Waals surface area contributed by atoms with Gasteiger partial charge in [0.05, 0.1) is 17.7 Å². The molecular weight excluding hydrogens is 350 g/mol. The number of sulfonamides is 1. The van der Waals surface area contributed by atoms with Gasteiger partial charge in [-0.25, -0.2) is 22.9 Å². The van der Waals surface area contributed by atoms with Crippen LogP contribution in [0.15, 0.2) is 40.3 Å². The van der Waals surface area contributed by atoms with Gasteiger partial charge in [0.1, 0.15) is 0 Å². The fraction of sp³-hybridized carbons (Fsp3) is 0.154. The van der Waals surface area contributed by atoms with Gasteiger partial charge in [0.2, 0.25) is 11.8 Å². The van der Waals surface area contributed by atoms with Crippen molar-refractivity contribution < 1.29 is 17.9 Å². The normalized spacial score (nSPS) is 10.5. The molecular formula is C13H13N7O4S. The summed E-state index contributed by atoms with van der Waals surface area (Å²) in [7, 11) is -2.88. The Kier molecular flexibility index (Phi) is 5.37.